The van der Waals surface area contributed by atoms with Gasteiger partial charge in [0.1, 0.15) is 0 Å². The van der Waals surface area contributed by atoms with Crippen LogP contribution in [0.2, 0.25) is 10.0 Å². The third kappa shape index (κ3) is 5.54. The topological polar surface area (TPSA) is 64.8 Å². The van der Waals surface area contributed by atoms with Gasteiger partial charge in [0.15, 0.2) is 20.8 Å². The molecule has 0 aliphatic heterocycles. The molecule has 29 heavy (non-hydrogen) atoms. The molecule has 1 heterocycles. The number of sulfone groups is 1. The average Bonchev–Trinajstić information content (AvgIpc) is 3.04. The molecule has 0 spiro atoms. The van der Waals surface area contributed by atoms with Gasteiger partial charge >= 0.3 is 0 Å². The molecule has 0 amide bonds. The molecule has 0 unspecified atom stereocenters. The molecule has 3 rings (SSSR count). The number of hydrogen-bond acceptors (Lipinski definition) is 5. The highest BCUT2D eigenvalue weighted by Crippen LogP contribution is 2.32. The summed E-state index contributed by atoms with van der Waals surface area (Å²) in [7, 11) is -3.34. The molecule has 0 N–H and O–H groups in total. The van der Waals surface area contributed by atoms with Crippen molar-refractivity contribution in [1.29, 1.82) is 0 Å². The van der Waals surface area contributed by atoms with E-state index in [1.54, 1.807) is 42.5 Å². The summed E-state index contributed by atoms with van der Waals surface area (Å²) in [6.45, 7) is 4.89. The van der Waals surface area contributed by atoms with Crippen LogP contribution in [0.15, 0.2) is 58.6 Å². The summed E-state index contributed by atoms with van der Waals surface area (Å²) in [6.07, 6.45) is 0. The molecule has 0 saturated carbocycles. The minimum Gasteiger partial charge on any atom is -0.302 e. The van der Waals surface area contributed by atoms with Crippen molar-refractivity contribution in [3.8, 4) is 11.4 Å². The van der Waals surface area contributed by atoms with Gasteiger partial charge in [0.2, 0.25) is 0 Å². The maximum Gasteiger partial charge on any atom is 0.191 e. The smallest absolute Gasteiger partial charge is 0.191 e. The van der Waals surface area contributed by atoms with Crippen LogP contribution in [0.5, 0.6) is 0 Å². The van der Waals surface area contributed by atoms with Gasteiger partial charge in [-0.3, -0.25) is 0 Å². The van der Waals surface area contributed by atoms with Crippen LogP contribution < -0.4 is 0 Å². The molecule has 0 bridgehead atoms. The van der Waals surface area contributed by atoms with Crippen LogP contribution in [0.25, 0.3) is 11.4 Å². The summed E-state index contributed by atoms with van der Waals surface area (Å²) < 4.78 is 27.0. The summed E-state index contributed by atoms with van der Waals surface area (Å²) >= 11 is 13.7. The minimum absolute atomic E-state index is 0.0211. The van der Waals surface area contributed by atoms with Crippen molar-refractivity contribution < 1.29 is 8.42 Å². The highest BCUT2D eigenvalue weighted by molar-refractivity contribution is 8.00. The van der Waals surface area contributed by atoms with Gasteiger partial charge in [-0.1, -0.05) is 67.0 Å². The van der Waals surface area contributed by atoms with Crippen molar-refractivity contribution in [2.24, 2.45) is 5.92 Å². The van der Waals surface area contributed by atoms with Gasteiger partial charge in [-0.05, 0) is 36.2 Å². The first-order valence-corrected chi connectivity index (χ1v) is 12.5. The van der Waals surface area contributed by atoms with Gasteiger partial charge in [-0.15, -0.1) is 10.2 Å². The Hall–Kier alpha value is -1.54. The molecule has 0 saturated heterocycles. The number of rotatable bonds is 8. The van der Waals surface area contributed by atoms with Crippen molar-refractivity contribution in [1.82, 2.24) is 14.8 Å². The SMILES string of the molecule is CC(C)Cn1c(SCCS(=O)(=O)c2ccccc2)nnc1-c1ccc(Cl)cc1Cl. The maximum atomic E-state index is 12.5. The Morgan fingerprint density at radius 3 is 2.45 bits per heavy atom. The lowest BCUT2D eigenvalue weighted by molar-refractivity contribution is 0.498. The van der Waals surface area contributed by atoms with Crippen molar-refractivity contribution in [3.63, 3.8) is 0 Å². The van der Waals surface area contributed by atoms with E-state index >= 15 is 0 Å². The Morgan fingerprint density at radius 2 is 1.79 bits per heavy atom. The first kappa shape index (κ1) is 22.2. The first-order chi connectivity index (χ1) is 13.8. The molecular formula is C20H21Cl2N3O2S2. The third-order valence-corrected chi connectivity index (χ3v) is 7.63. The van der Waals surface area contributed by atoms with E-state index < -0.39 is 9.84 Å². The van der Waals surface area contributed by atoms with Gasteiger partial charge < -0.3 is 4.57 Å². The van der Waals surface area contributed by atoms with E-state index in [2.05, 4.69) is 24.0 Å². The third-order valence-electron chi connectivity index (χ3n) is 4.12. The lowest BCUT2D eigenvalue weighted by Crippen LogP contribution is -2.11. The molecule has 0 atom stereocenters. The summed E-state index contributed by atoms with van der Waals surface area (Å²) in [5, 5.41) is 10.3. The Kier molecular flexibility index (Phi) is 7.27. The van der Waals surface area contributed by atoms with Crippen LogP contribution in [0, 0.1) is 5.92 Å². The average molecular weight is 470 g/mol. The number of nitrogens with zero attached hydrogens (tertiary/aromatic N) is 3. The van der Waals surface area contributed by atoms with E-state index in [1.807, 2.05) is 10.6 Å². The fourth-order valence-electron chi connectivity index (χ4n) is 2.78. The summed E-state index contributed by atoms with van der Waals surface area (Å²) in [5.74, 6) is 1.40. The lowest BCUT2D eigenvalue weighted by atomic mass is 10.2. The summed E-state index contributed by atoms with van der Waals surface area (Å²) in [4.78, 5) is 0.331. The highest BCUT2D eigenvalue weighted by atomic mass is 35.5. The molecule has 0 aliphatic carbocycles. The highest BCUT2D eigenvalue weighted by Gasteiger charge is 2.19. The fraction of sp³-hybridized carbons (Fsp3) is 0.300. The zero-order chi connectivity index (χ0) is 21.0. The normalized spacial score (nSPS) is 11.9. The van der Waals surface area contributed by atoms with E-state index in [9.17, 15) is 8.42 Å². The predicted molar refractivity (Wildman–Crippen MR) is 120 cm³/mol. The van der Waals surface area contributed by atoms with Crippen molar-refractivity contribution in [2.75, 3.05) is 11.5 Å². The second-order valence-electron chi connectivity index (χ2n) is 6.92. The van der Waals surface area contributed by atoms with Crippen molar-refractivity contribution in [3.05, 3.63) is 58.6 Å². The first-order valence-electron chi connectivity index (χ1n) is 9.07. The van der Waals surface area contributed by atoms with Crippen molar-refractivity contribution in [2.45, 2.75) is 30.4 Å². The van der Waals surface area contributed by atoms with E-state index in [1.165, 1.54) is 11.8 Å². The van der Waals surface area contributed by atoms with Gasteiger partial charge in [0.25, 0.3) is 0 Å². The molecule has 0 fully saturated rings. The van der Waals surface area contributed by atoms with Gasteiger partial charge in [-0.2, -0.15) is 0 Å². The Balaban J connectivity index is 1.82. The number of hydrogen-bond donors (Lipinski definition) is 0. The zero-order valence-corrected chi connectivity index (χ0v) is 19.2. The number of benzene rings is 2. The molecule has 2 aromatic carbocycles. The number of aromatic nitrogens is 3. The second-order valence-corrected chi connectivity index (χ2v) is 10.9. The molecule has 0 radical (unpaired) electrons. The monoisotopic (exact) mass is 469 g/mol. The predicted octanol–water partition coefficient (Wildman–Crippen LogP) is 5.47. The number of thioether (sulfide) groups is 1. The molecule has 5 nitrogen and oxygen atoms in total. The molecule has 1 aromatic heterocycles. The van der Waals surface area contributed by atoms with Crippen LogP contribution in [0.4, 0.5) is 0 Å². The van der Waals surface area contributed by atoms with E-state index in [-0.39, 0.29) is 5.75 Å². The van der Waals surface area contributed by atoms with Crippen LogP contribution in [-0.4, -0.2) is 34.7 Å². The summed E-state index contributed by atoms with van der Waals surface area (Å²) in [6, 6.07) is 13.7. The van der Waals surface area contributed by atoms with Crippen LogP contribution in [0.3, 0.4) is 0 Å². The van der Waals surface area contributed by atoms with Crippen LogP contribution in [-0.2, 0) is 16.4 Å². The lowest BCUT2D eigenvalue weighted by Gasteiger charge is -2.13. The van der Waals surface area contributed by atoms with Crippen molar-refractivity contribution >= 4 is 44.8 Å². The summed E-state index contributed by atoms with van der Waals surface area (Å²) in [5.41, 5.74) is 0.743. The largest absolute Gasteiger partial charge is 0.302 e. The number of halogens is 2. The molecule has 3 aromatic rings. The molecule has 9 heteroatoms. The molecule has 154 valence electrons. The van der Waals surface area contributed by atoms with E-state index in [0.717, 1.165) is 5.56 Å². The minimum atomic E-state index is -3.34. The maximum absolute atomic E-state index is 12.5. The van der Waals surface area contributed by atoms with Crippen LogP contribution >= 0.6 is 35.0 Å². The second kappa shape index (κ2) is 9.51. The Labute approximate surface area is 185 Å². The molecule has 0 aliphatic rings. The van der Waals surface area contributed by atoms with Gasteiger partial charge in [0.05, 0.1) is 15.7 Å². The quantitative estimate of drug-likeness (QED) is 0.409. The van der Waals surface area contributed by atoms with Gasteiger partial charge in [-0.25, -0.2) is 8.42 Å². The Bertz CT molecular complexity index is 1080. The Morgan fingerprint density at radius 1 is 1.07 bits per heavy atom. The fourth-order valence-corrected chi connectivity index (χ4v) is 5.89. The standard InChI is InChI=1S/C20H21Cl2N3O2S2/c1-14(2)13-25-19(17-9-8-15(21)12-18(17)22)23-24-20(25)28-10-11-29(26,27)16-6-4-3-5-7-16/h3-9,12,14H,10-11,13H2,1-2H3. The van der Waals surface area contributed by atoms with Crippen LogP contribution in [0.1, 0.15) is 13.8 Å². The van der Waals surface area contributed by atoms with E-state index in [4.69, 9.17) is 23.2 Å². The molecular weight excluding hydrogens is 449 g/mol. The van der Waals surface area contributed by atoms with E-state index in [0.29, 0.717) is 44.1 Å². The zero-order valence-electron chi connectivity index (χ0n) is 16.0. The van der Waals surface area contributed by atoms with Gasteiger partial charge in [0, 0.05) is 22.9 Å².